The van der Waals surface area contributed by atoms with Gasteiger partial charge in [-0.15, -0.1) is 0 Å². The van der Waals surface area contributed by atoms with Crippen LogP contribution in [0.2, 0.25) is 0 Å². The maximum atomic E-state index is 12.9. The lowest BCUT2D eigenvalue weighted by Crippen LogP contribution is -2.45. The van der Waals surface area contributed by atoms with E-state index >= 15 is 0 Å². The van der Waals surface area contributed by atoms with E-state index in [4.69, 9.17) is 20.0 Å². The average Bonchev–Trinajstić information content (AvgIpc) is 3.24. The number of carbonyl (C=O) groups excluding carboxylic acids is 3. The fourth-order valence-corrected chi connectivity index (χ4v) is 3.16. The summed E-state index contributed by atoms with van der Waals surface area (Å²) in [7, 11) is 0. The Morgan fingerprint density at radius 2 is 2.03 bits per heavy atom. The number of rotatable bonds is 11. The van der Waals surface area contributed by atoms with Gasteiger partial charge in [-0.2, -0.15) is 0 Å². The van der Waals surface area contributed by atoms with Gasteiger partial charge in [0.25, 0.3) is 5.56 Å². The molecule has 0 fully saturated rings. The van der Waals surface area contributed by atoms with E-state index < -0.39 is 29.5 Å². The molecule has 1 atom stereocenters. The molecule has 0 aliphatic heterocycles. The fourth-order valence-electron chi connectivity index (χ4n) is 3.16. The van der Waals surface area contributed by atoms with Crippen molar-refractivity contribution in [3.63, 3.8) is 0 Å². The number of anilines is 1. The lowest BCUT2D eigenvalue weighted by atomic mass is 10.1. The summed E-state index contributed by atoms with van der Waals surface area (Å²) in [5.41, 5.74) is 5.78. The van der Waals surface area contributed by atoms with Crippen LogP contribution in [-0.2, 0) is 20.9 Å². The second kappa shape index (κ2) is 12.1. The van der Waals surface area contributed by atoms with Gasteiger partial charge < -0.3 is 35.2 Å². The number of para-hydroxylation sites is 2. The number of ether oxygens (including phenoxy) is 1. The van der Waals surface area contributed by atoms with Crippen molar-refractivity contribution in [2.45, 2.75) is 25.4 Å². The molecule has 1 aromatic carbocycles. The van der Waals surface area contributed by atoms with Crippen molar-refractivity contribution in [2.24, 2.45) is 5.73 Å². The van der Waals surface area contributed by atoms with Gasteiger partial charge in [-0.3, -0.25) is 14.4 Å². The number of nitrogens with two attached hydrogens (primary N) is 1. The zero-order valence-electron chi connectivity index (χ0n) is 18.7. The zero-order valence-corrected chi connectivity index (χ0v) is 18.7. The highest BCUT2D eigenvalue weighted by Crippen LogP contribution is 2.15. The first-order valence-electron chi connectivity index (χ1n) is 10.7. The van der Waals surface area contributed by atoms with E-state index in [-0.39, 0.29) is 38.3 Å². The second-order valence-corrected chi connectivity index (χ2v) is 7.36. The Balaban J connectivity index is 1.73. The van der Waals surface area contributed by atoms with Gasteiger partial charge in [-0.1, -0.05) is 18.2 Å². The highest BCUT2D eigenvalue weighted by molar-refractivity contribution is 5.96. The van der Waals surface area contributed by atoms with Crippen LogP contribution in [0.15, 0.2) is 64.0 Å². The molecule has 0 saturated carbocycles. The van der Waals surface area contributed by atoms with Gasteiger partial charge in [0.1, 0.15) is 30.4 Å². The maximum Gasteiger partial charge on any atom is 0.407 e. The molecule has 0 radical (unpaired) electrons. The van der Waals surface area contributed by atoms with Crippen molar-refractivity contribution in [2.75, 3.05) is 18.5 Å². The minimum absolute atomic E-state index is 0.0168. The standard InChI is InChI=1S/C23H25N5O7/c24-19(30)10-4-2-7-16(27-23(33)34-13-12-29)21(31)26-17-8-5-11-28(22(17)32)14-20-25-15-6-1-3-9-18(15)35-20/h1,3-6,8-11,16,29H,2,7,12-14H2,(H2,24,30)(H,26,31)(H,27,33)/b10-4+/t16-/m0/s1. The fraction of sp³-hybridized carbons (Fsp3) is 0.261. The minimum atomic E-state index is -1.09. The lowest BCUT2D eigenvalue weighted by Gasteiger charge is -2.18. The summed E-state index contributed by atoms with van der Waals surface area (Å²) < 4.78 is 11.7. The summed E-state index contributed by atoms with van der Waals surface area (Å²) in [6.07, 6.45) is 3.54. The Morgan fingerprint density at radius 3 is 2.77 bits per heavy atom. The molecular weight excluding hydrogens is 458 g/mol. The Morgan fingerprint density at radius 1 is 1.23 bits per heavy atom. The molecule has 0 aliphatic rings. The Bertz CT molecular complexity index is 1250. The molecule has 0 bridgehead atoms. The number of benzene rings is 1. The monoisotopic (exact) mass is 483 g/mol. The van der Waals surface area contributed by atoms with E-state index in [2.05, 4.69) is 15.6 Å². The van der Waals surface area contributed by atoms with Crippen LogP contribution in [0.5, 0.6) is 0 Å². The number of hydrogen-bond donors (Lipinski definition) is 4. The summed E-state index contributed by atoms with van der Waals surface area (Å²) in [5, 5.41) is 13.7. The number of aromatic nitrogens is 2. The molecule has 0 unspecified atom stereocenters. The molecule has 12 heteroatoms. The van der Waals surface area contributed by atoms with Crippen molar-refractivity contribution in [3.8, 4) is 0 Å². The Hall–Kier alpha value is -4.45. The lowest BCUT2D eigenvalue weighted by molar-refractivity contribution is -0.118. The molecule has 2 heterocycles. The summed E-state index contributed by atoms with van der Waals surface area (Å²) in [4.78, 5) is 52.9. The van der Waals surface area contributed by atoms with E-state index in [0.717, 1.165) is 6.08 Å². The van der Waals surface area contributed by atoms with Gasteiger partial charge in [-0.05, 0) is 43.2 Å². The van der Waals surface area contributed by atoms with Gasteiger partial charge in [0.15, 0.2) is 5.58 Å². The van der Waals surface area contributed by atoms with Crippen LogP contribution in [0.25, 0.3) is 11.1 Å². The van der Waals surface area contributed by atoms with Crippen molar-refractivity contribution < 1.29 is 28.6 Å². The third kappa shape index (κ3) is 7.27. The van der Waals surface area contributed by atoms with Crippen LogP contribution in [0.4, 0.5) is 10.5 Å². The van der Waals surface area contributed by atoms with Crippen LogP contribution in [0, 0.1) is 0 Å². The molecule has 12 nitrogen and oxygen atoms in total. The summed E-state index contributed by atoms with van der Waals surface area (Å²) >= 11 is 0. The number of nitrogens with one attached hydrogen (secondary N) is 2. The van der Waals surface area contributed by atoms with Crippen molar-refractivity contribution in [1.82, 2.24) is 14.9 Å². The number of primary amides is 1. The SMILES string of the molecule is NC(=O)/C=C/CC[C@H](NC(=O)OCCO)C(=O)Nc1cccn(Cc2nc3ccccc3o2)c1=O. The van der Waals surface area contributed by atoms with Gasteiger partial charge >= 0.3 is 6.09 Å². The van der Waals surface area contributed by atoms with E-state index in [1.807, 2.05) is 12.1 Å². The third-order valence-corrected chi connectivity index (χ3v) is 4.76. The summed E-state index contributed by atoms with van der Waals surface area (Å²) in [6.45, 7) is -0.583. The van der Waals surface area contributed by atoms with Crippen LogP contribution >= 0.6 is 0 Å². The predicted molar refractivity (Wildman–Crippen MR) is 125 cm³/mol. The predicted octanol–water partition coefficient (Wildman–Crippen LogP) is 0.885. The molecular formula is C23H25N5O7. The number of hydrogen-bond acceptors (Lipinski definition) is 8. The maximum absolute atomic E-state index is 12.9. The second-order valence-electron chi connectivity index (χ2n) is 7.36. The van der Waals surface area contributed by atoms with Crippen LogP contribution in [0.3, 0.4) is 0 Å². The third-order valence-electron chi connectivity index (χ3n) is 4.76. The molecule has 0 spiro atoms. The van der Waals surface area contributed by atoms with Gasteiger partial charge in [-0.25, -0.2) is 9.78 Å². The molecule has 2 aromatic heterocycles. The molecule has 0 saturated heterocycles. The number of alkyl carbamates (subject to hydrolysis) is 1. The van der Waals surface area contributed by atoms with Crippen molar-refractivity contribution in [3.05, 3.63) is 71.0 Å². The molecule has 0 aliphatic carbocycles. The largest absolute Gasteiger partial charge is 0.447 e. The van der Waals surface area contributed by atoms with Crippen LogP contribution in [-0.4, -0.2) is 51.8 Å². The normalized spacial score (nSPS) is 11.9. The van der Waals surface area contributed by atoms with Crippen LogP contribution in [0.1, 0.15) is 18.7 Å². The minimum Gasteiger partial charge on any atom is -0.447 e. The summed E-state index contributed by atoms with van der Waals surface area (Å²) in [5.74, 6) is -0.996. The summed E-state index contributed by atoms with van der Waals surface area (Å²) in [6, 6.07) is 9.10. The van der Waals surface area contributed by atoms with Gasteiger partial charge in [0, 0.05) is 6.20 Å². The zero-order chi connectivity index (χ0) is 25.2. The number of carbonyl (C=O) groups is 3. The first-order chi connectivity index (χ1) is 16.9. The number of allylic oxidation sites excluding steroid dienone is 1. The number of aliphatic hydroxyl groups excluding tert-OH is 1. The van der Waals surface area contributed by atoms with Gasteiger partial charge in [0.05, 0.1) is 6.61 Å². The smallest absolute Gasteiger partial charge is 0.407 e. The molecule has 5 N–H and O–H groups in total. The highest BCUT2D eigenvalue weighted by Gasteiger charge is 2.22. The number of fused-ring (bicyclic) bond motifs is 1. The Kier molecular flexibility index (Phi) is 8.73. The van der Waals surface area contributed by atoms with Crippen molar-refractivity contribution >= 4 is 34.7 Å². The Labute approximate surface area is 199 Å². The molecule has 184 valence electrons. The molecule has 35 heavy (non-hydrogen) atoms. The topological polar surface area (TPSA) is 179 Å². The number of oxazole rings is 1. The molecule has 3 amide bonds. The first-order valence-corrected chi connectivity index (χ1v) is 10.7. The van der Waals surface area contributed by atoms with E-state index in [0.29, 0.717) is 17.0 Å². The van der Waals surface area contributed by atoms with E-state index in [1.165, 1.54) is 22.9 Å². The number of pyridine rings is 1. The van der Waals surface area contributed by atoms with Gasteiger partial charge in [0.2, 0.25) is 17.7 Å². The van der Waals surface area contributed by atoms with E-state index in [1.54, 1.807) is 18.2 Å². The first kappa shape index (κ1) is 25.2. The number of aliphatic hydroxyl groups is 1. The molecule has 3 aromatic rings. The van der Waals surface area contributed by atoms with E-state index in [9.17, 15) is 19.2 Å². The van der Waals surface area contributed by atoms with Crippen LogP contribution < -0.4 is 21.9 Å². The quantitative estimate of drug-likeness (QED) is 0.290. The highest BCUT2D eigenvalue weighted by atomic mass is 16.6. The average molecular weight is 483 g/mol. The van der Waals surface area contributed by atoms with Crippen molar-refractivity contribution in [1.29, 1.82) is 0 Å². The number of amides is 3. The molecule has 3 rings (SSSR count). The number of nitrogens with zero attached hydrogens (tertiary/aromatic N) is 2.